The van der Waals surface area contributed by atoms with Gasteiger partial charge in [0, 0.05) is 214 Å². The van der Waals surface area contributed by atoms with Crippen molar-refractivity contribution in [2.45, 2.75) is 180 Å². The second kappa shape index (κ2) is 54.8. The molecule has 0 atom stereocenters. The summed E-state index contributed by atoms with van der Waals surface area (Å²) < 4.78 is 10.7. The quantitative estimate of drug-likeness (QED) is 0.0184. The largest absolute Gasteiger partial charge is 0.444 e. The highest BCUT2D eigenvalue weighted by Gasteiger charge is 2.34. The first-order chi connectivity index (χ1) is 65.9. The first-order valence-electron chi connectivity index (χ1n) is 45.7. The van der Waals surface area contributed by atoms with E-state index in [0.29, 0.717) is 120 Å². The van der Waals surface area contributed by atoms with Crippen LogP contribution in [0.25, 0.3) is 0 Å². The topological polar surface area (TPSA) is 373 Å². The van der Waals surface area contributed by atoms with Gasteiger partial charge in [-0.2, -0.15) is 0 Å². The molecule has 34 heteroatoms. The number of rotatable bonds is 34. The van der Waals surface area contributed by atoms with Crippen molar-refractivity contribution < 1.29 is 43.0 Å². The van der Waals surface area contributed by atoms with Crippen molar-refractivity contribution >= 4 is 41.7 Å². The van der Waals surface area contributed by atoms with E-state index in [2.05, 4.69) is 95.6 Å². The van der Waals surface area contributed by atoms with E-state index in [1.807, 2.05) is 237 Å². The number of H-pyrrole nitrogens is 4. The highest BCUT2D eigenvalue weighted by molar-refractivity contribution is 5.97. The number of hydrazine groups is 4. The second-order valence-corrected chi connectivity index (χ2v) is 34.0. The fraction of sp³-hybridized carbons (Fsp3) is 0.343. The van der Waals surface area contributed by atoms with Crippen LogP contribution in [0.3, 0.4) is 0 Å². The summed E-state index contributed by atoms with van der Waals surface area (Å²) in [7, 11) is 0. The van der Waals surface area contributed by atoms with Crippen LogP contribution in [-0.4, -0.2) is 216 Å². The van der Waals surface area contributed by atoms with Gasteiger partial charge >= 0.3 is 12.2 Å². The summed E-state index contributed by atoms with van der Waals surface area (Å²) in [6, 6.07) is 63.9. The van der Waals surface area contributed by atoms with Gasteiger partial charge in [-0.1, -0.05) is 133 Å². The van der Waals surface area contributed by atoms with Gasteiger partial charge < -0.3 is 34.7 Å². The van der Waals surface area contributed by atoms with Crippen LogP contribution in [0, 0.1) is 0 Å². The van der Waals surface area contributed by atoms with E-state index in [1.54, 1.807) is 68.0 Å². The average molecular weight is 1890 g/mol. The summed E-state index contributed by atoms with van der Waals surface area (Å²) in [6.45, 7) is 19.3. The number of hydrogen-bond donors (Lipinski definition) is 7. The molecule has 12 heterocycles. The molecule has 17 rings (SSSR count). The molecular weight excluding hydrogens is 1760 g/mol. The number of carbonyl (C=O) groups is 7. The van der Waals surface area contributed by atoms with Crippen LogP contribution in [0.15, 0.2) is 275 Å². The Morgan fingerprint density at radius 3 is 0.971 bits per heavy atom. The number of aromatic amines is 4. The predicted octanol–water partition coefficient (Wildman–Crippen LogP) is 15.6. The van der Waals surface area contributed by atoms with E-state index in [-0.39, 0.29) is 72.3 Å². The van der Waals surface area contributed by atoms with Crippen molar-refractivity contribution in [3.63, 3.8) is 0 Å². The molecule has 0 radical (unpaired) electrons. The van der Waals surface area contributed by atoms with Gasteiger partial charge in [0.25, 0.3) is 23.6 Å². The highest BCUT2D eigenvalue weighted by Crippen LogP contribution is 2.25. The molecule has 7 N–H and O–H groups in total. The molecule has 4 fully saturated rings. The van der Waals surface area contributed by atoms with Crippen molar-refractivity contribution in [3.8, 4) is 0 Å². The normalized spacial score (nSPS) is 13.2. The first-order valence-corrected chi connectivity index (χ1v) is 45.7. The van der Waals surface area contributed by atoms with Crippen LogP contribution in [-0.2, 0) is 99.4 Å². The molecule has 0 aliphatic carbocycles. The van der Waals surface area contributed by atoms with E-state index in [1.165, 1.54) is 20.0 Å². The van der Waals surface area contributed by atoms with Crippen molar-refractivity contribution in [1.82, 2.24) is 126 Å². The molecule has 13 aromatic rings. The zero-order valence-corrected chi connectivity index (χ0v) is 76.5. The van der Waals surface area contributed by atoms with Crippen LogP contribution >= 0.6 is 0 Å². The fourth-order valence-corrected chi connectivity index (χ4v) is 15.8. The molecule has 0 saturated carbocycles. The molecule has 5 aromatic carbocycles. The minimum absolute atomic E-state index is 0. The molecule has 0 unspecified atom stereocenters. The number of aromatic nitrogens is 12. The molecule has 4 aliphatic rings. The van der Waals surface area contributed by atoms with Gasteiger partial charge in [0.15, 0.2) is 0 Å². The Kier molecular flexibility index (Phi) is 41.9. The molecule has 4 aliphatic heterocycles. The van der Waals surface area contributed by atoms with Crippen molar-refractivity contribution in [2.24, 2.45) is 0 Å². The van der Waals surface area contributed by atoms with Gasteiger partial charge in [0.1, 0.15) is 35.5 Å². The Bertz CT molecular complexity index is 5600. The summed E-state index contributed by atoms with van der Waals surface area (Å²) in [5.41, 5.74) is 17.4. The van der Waals surface area contributed by atoms with Gasteiger partial charge in [-0.25, -0.2) is 55.4 Å². The molecule has 732 valence electrons. The minimum atomic E-state index is -0.576. The Balaban J connectivity index is 0.000000192. The second-order valence-electron chi connectivity index (χ2n) is 34.0. The van der Waals surface area contributed by atoms with Crippen LogP contribution in [0.4, 0.5) is 9.59 Å². The maximum absolute atomic E-state index is 13.3. The Labute approximate surface area is 815 Å². The number of alkyl carbamates (subject to hydrolysis) is 1. The SMILES string of the molecule is C.C.C.C.CC(C)(C)OC(=O)NCCCC(=O)N1CCCN1C(=O)c1ccc(CN(Cc2ccccn2)Cc2ncc[nH]2)cc1.O=C(OCc1ccccc1)N1CCCN1C(=O)c1ccc(CN(Cc2ccccn2)Cc2ncc[nH]2)cc1.O=C(c1ccc(CN(Cc2ccccn2)Cc2ncc[nH]2)cc1)N1CCCN1.O=C(c1ccc(CN(Cc2ccccn2)Cc2ncc[nH]2)cc1)N1CCCN1. The van der Waals surface area contributed by atoms with E-state index >= 15 is 0 Å². The summed E-state index contributed by atoms with van der Waals surface area (Å²) in [5, 5.41) is 12.0. The molecule has 139 heavy (non-hydrogen) atoms. The number of carbonyl (C=O) groups excluding carboxylic acids is 7. The van der Waals surface area contributed by atoms with E-state index in [9.17, 15) is 33.6 Å². The Morgan fingerprint density at radius 2 is 0.662 bits per heavy atom. The predicted molar refractivity (Wildman–Crippen MR) is 533 cm³/mol. The average Bonchev–Trinajstić information content (AvgIpc) is 1.70. The van der Waals surface area contributed by atoms with E-state index < -0.39 is 17.8 Å². The molecule has 0 bridgehead atoms. The van der Waals surface area contributed by atoms with Gasteiger partial charge in [-0.15, -0.1) is 0 Å². The van der Waals surface area contributed by atoms with Crippen molar-refractivity contribution in [1.29, 1.82) is 0 Å². The lowest BCUT2D eigenvalue weighted by atomic mass is 10.1. The number of nitrogens with one attached hydrogen (secondary N) is 7. The lowest BCUT2D eigenvalue weighted by Gasteiger charge is -2.28. The lowest BCUT2D eigenvalue weighted by Crippen LogP contribution is -2.45. The van der Waals surface area contributed by atoms with Crippen LogP contribution in [0.1, 0.15) is 204 Å². The van der Waals surface area contributed by atoms with Crippen LogP contribution in [0.5, 0.6) is 0 Å². The Hall–Kier alpha value is -14.8. The molecule has 0 spiro atoms. The number of imidazole rings is 4. The maximum Gasteiger partial charge on any atom is 0.429 e. The van der Waals surface area contributed by atoms with Crippen LogP contribution < -0.4 is 16.2 Å². The van der Waals surface area contributed by atoms with Crippen molar-refractivity contribution in [3.05, 3.63) is 371 Å². The molecule has 7 amide bonds. The van der Waals surface area contributed by atoms with Gasteiger partial charge in [0.05, 0.1) is 49.0 Å². The summed E-state index contributed by atoms with van der Waals surface area (Å²) in [6.07, 6.45) is 24.6. The maximum atomic E-state index is 13.3. The van der Waals surface area contributed by atoms with Crippen molar-refractivity contribution in [2.75, 3.05) is 58.9 Å². The smallest absolute Gasteiger partial charge is 0.429 e. The van der Waals surface area contributed by atoms with E-state index in [0.717, 1.165) is 146 Å². The third kappa shape index (κ3) is 33.6. The van der Waals surface area contributed by atoms with Gasteiger partial charge in [-0.3, -0.25) is 78.5 Å². The molecule has 34 nitrogen and oxygen atoms in total. The summed E-state index contributed by atoms with van der Waals surface area (Å²) in [4.78, 5) is 146. The number of pyridine rings is 4. The molecular formula is C105H133N25O9. The zero-order valence-electron chi connectivity index (χ0n) is 76.5. The highest BCUT2D eigenvalue weighted by atomic mass is 16.6. The molecule has 8 aromatic heterocycles. The number of nitrogens with zero attached hydrogens (tertiary/aromatic N) is 18. The third-order valence-corrected chi connectivity index (χ3v) is 22.3. The minimum Gasteiger partial charge on any atom is -0.444 e. The van der Waals surface area contributed by atoms with Gasteiger partial charge in [0.2, 0.25) is 5.91 Å². The first kappa shape index (κ1) is 106. The van der Waals surface area contributed by atoms with Crippen LogP contribution in [0.2, 0.25) is 0 Å². The fourth-order valence-electron chi connectivity index (χ4n) is 15.8. The number of hydrogen-bond acceptors (Lipinski definition) is 23. The lowest BCUT2D eigenvalue weighted by molar-refractivity contribution is -0.140. The summed E-state index contributed by atoms with van der Waals surface area (Å²) >= 11 is 0. The third-order valence-electron chi connectivity index (χ3n) is 22.3. The number of ether oxygens (including phenoxy) is 2. The summed E-state index contributed by atoms with van der Waals surface area (Å²) in [5.74, 6) is 3.09. The van der Waals surface area contributed by atoms with E-state index in [4.69, 9.17) is 9.47 Å². The Morgan fingerprint density at radius 1 is 0.338 bits per heavy atom. The van der Waals surface area contributed by atoms with Gasteiger partial charge in [-0.05, 0) is 178 Å². The molecule has 4 saturated heterocycles. The number of amides is 7. The monoisotopic (exact) mass is 1890 g/mol. The zero-order chi connectivity index (χ0) is 93.8. The number of benzene rings is 5. The standard InChI is InChI=1S/C30H39N7O4.C29H30N6O3.2C21H24N6O.4CH4/c1-30(2,3)41-29(40)34-15-6-9-27(38)36-18-7-19-37(36)28(39)24-12-10-23(11-13-24)20-35(22-26-32-16-17-33-26)21-25-8-4-5-14-31-25;36-28(34-17-6-18-35(34)29(37)38-22-24-7-2-1-3-8-24)25-12-10-23(11-13-25)19-33(21-27-31-15-16-32-27)20-26-9-4-5-14-30-26;2*28-21(27-13-3-10-25-27)18-7-5-17(6-8-18)14-26(16-20-23-11-12-24-20)15-19-4-1-2-9-22-19;;;;/h4-5,8,10-14,16-17H,6-7,9,15,18-22H2,1-3H3,(H,32,33)(H,34,40);1-5,7-16H,6,17-22H2,(H,31,32);2*1-2,4-9,11-12,25H,3,10,13-16H2,(H,23,24);4*1H4.